The molecule has 0 aliphatic rings. The number of nitrogens with one attached hydrogen (secondary N) is 7. The average Bonchev–Trinajstić information content (AvgIpc) is 1.69. The van der Waals surface area contributed by atoms with E-state index >= 15 is 0 Å². The predicted molar refractivity (Wildman–Crippen MR) is 434 cm³/mol. The summed E-state index contributed by atoms with van der Waals surface area (Å²) in [5.41, 5.74) is 23.5. The number of ether oxygens (including phenoxy) is 4. The van der Waals surface area contributed by atoms with Gasteiger partial charge in [-0.25, -0.2) is 19.2 Å². The summed E-state index contributed by atoms with van der Waals surface area (Å²) in [6, 6.07) is 16.9. The number of nitrogens with zero attached hydrogens (tertiary/aromatic N) is 4. The number of amides is 4. The second kappa shape index (κ2) is 50.0. The van der Waals surface area contributed by atoms with Crippen molar-refractivity contribution in [3.8, 4) is 0 Å². The van der Waals surface area contributed by atoms with E-state index in [2.05, 4.69) is 81.8 Å². The molecule has 0 radical (unpaired) electrons. The van der Waals surface area contributed by atoms with Crippen molar-refractivity contribution in [3.05, 3.63) is 108 Å². The minimum atomic E-state index is -1.01. The van der Waals surface area contributed by atoms with E-state index < -0.39 is 95.7 Å². The average molecular weight is 1550 g/mol. The minimum absolute atomic E-state index is 0.00299. The Balaban J connectivity index is 0.000000389. The first kappa shape index (κ1) is 94.3. The van der Waals surface area contributed by atoms with Gasteiger partial charge in [0.1, 0.15) is 30.0 Å². The SMILES string of the molecule is C=[N+]=CC(=O)CC[C@H](NC(=O)[C@@H](CC(C)=O)Cc1c[nH]c2ccccc12)C(=O)OC(C)C.C=[N+]=CC(=O)CC[C@H](NC(=O)[C@@H](N)CC(C)C)C(=O)OC(C)C.C=[N+]=CC(=O)CC[C@H](NC(=O)[C@@H](N)Cc1c[nH]c2ccccc12)C(=O)OC(C)C.C=[N+]=CC(=O)CC[C@H](NC(=O)[C@@H](N)Cc1c[nH]c2ccccc12)C(=O)OCC. The lowest BCUT2D eigenvalue weighted by Crippen LogP contribution is -2.50. The van der Waals surface area contributed by atoms with Crippen LogP contribution in [0.3, 0.4) is 0 Å². The number of aromatic amines is 3. The quantitative estimate of drug-likeness (QED) is 0.0114. The smallest absolute Gasteiger partial charge is 0.334 e. The van der Waals surface area contributed by atoms with Crippen LogP contribution in [0.1, 0.15) is 150 Å². The van der Waals surface area contributed by atoms with Gasteiger partial charge in [0.2, 0.25) is 46.8 Å². The summed E-state index contributed by atoms with van der Waals surface area (Å²) in [6.45, 7) is 30.3. The second-order valence-electron chi connectivity index (χ2n) is 27.5. The molecule has 0 fully saturated rings. The van der Waals surface area contributed by atoms with Crippen molar-refractivity contribution in [2.24, 2.45) is 29.0 Å². The highest BCUT2D eigenvalue weighted by Gasteiger charge is 2.33. The van der Waals surface area contributed by atoms with Crippen LogP contribution in [-0.4, -0.2) is 210 Å². The number of carbonyl (C=O) groups excluding carboxylic acids is 13. The Morgan fingerprint density at radius 1 is 0.420 bits per heavy atom. The van der Waals surface area contributed by atoms with Gasteiger partial charge in [0, 0.05) is 89.3 Å². The van der Waals surface area contributed by atoms with Crippen LogP contribution in [0.15, 0.2) is 91.4 Å². The van der Waals surface area contributed by atoms with E-state index in [1.54, 1.807) is 48.5 Å². The molecule has 8 atom stereocenters. The van der Waals surface area contributed by atoms with Crippen molar-refractivity contribution in [2.45, 2.75) is 213 Å². The van der Waals surface area contributed by atoms with E-state index in [0.29, 0.717) is 25.7 Å². The molecule has 6 aromatic rings. The fourth-order valence-corrected chi connectivity index (χ4v) is 11.2. The molecule has 0 unspecified atom stereocenters. The minimum Gasteiger partial charge on any atom is -0.464 e. The number of esters is 4. The fourth-order valence-electron chi connectivity index (χ4n) is 11.2. The summed E-state index contributed by atoms with van der Waals surface area (Å²) in [5.74, 6) is -5.96. The van der Waals surface area contributed by atoms with Gasteiger partial charge < -0.3 is 77.2 Å². The standard InChI is InChI=1S/C24H29N3O5.C21H26N4O4.C20H24N4O4.C16H27N3O4/c1-15(2)32-24(31)22(10-9-19(29)14-25-4)27-23(30)17(11-16(3)28)12-18-13-26-21-8-6-5-7-20(18)21;1-13(2)29-21(28)19(9-8-15(26)12-23-3)25-20(27)17(22)10-14-11-24-18-7-5-4-6-16(14)18;1-3-28-20(27)18(9-8-14(25)12-22-2)24-19(26)16(21)10-13-11-23-17-7-5-4-6-15(13)17;1-10(2)8-13(17)15(21)19-14(16(22)23-11(3)4)7-6-12(20)9-18-5/h5-8,13-15,17,22,26H,4,9-12H2,1-3H3;4-7,11-13,17,19,24H,3,8-10,22H2,1-2H3;4-7,11-12,16,18,23H,2-3,8-10,21H2,1H3;9-11,13-14H,5-8,17H2,1-4H3/p+4/t17-,22-;17-,19-;16-,18-;13-,14-/m0000/s1. The lowest BCUT2D eigenvalue weighted by atomic mass is 9.93. The Bertz CT molecular complexity index is 4410. The van der Waals surface area contributed by atoms with Crippen LogP contribution in [0.25, 0.3) is 32.7 Å². The van der Waals surface area contributed by atoms with E-state index in [1.165, 1.54) is 6.92 Å². The molecule has 0 aliphatic heterocycles. The molecule has 0 bridgehead atoms. The van der Waals surface area contributed by atoms with E-state index in [-0.39, 0.29) is 118 Å². The van der Waals surface area contributed by atoms with Crippen molar-refractivity contribution in [1.29, 1.82) is 0 Å². The number of benzene rings is 3. The van der Waals surface area contributed by atoms with Crippen LogP contribution in [0.4, 0.5) is 0 Å². The number of nitrogens with two attached hydrogens (primary N) is 3. The number of Topliss-reactive ketones (excluding diaryl/α,β-unsaturated/α-hetero) is 5. The van der Waals surface area contributed by atoms with Crippen LogP contribution in [-0.2, 0) is 101 Å². The molecule has 0 saturated heterocycles. The molecular formula is C81H110N14O17+4. The summed E-state index contributed by atoms with van der Waals surface area (Å²) in [7, 11) is 0. The van der Waals surface area contributed by atoms with Crippen molar-refractivity contribution < 1.29 is 81.3 Å². The van der Waals surface area contributed by atoms with Crippen LogP contribution < -0.4 is 57.1 Å². The Labute approximate surface area is 651 Å². The normalized spacial score (nSPS) is 12.8. The highest BCUT2D eigenvalue weighted by molar-refractivity contribution is 6.28. The number of aromatic nitrogens is 3. The van der Waals surface area contributed by atoms with Gasteiger partial charge in [0.25, 0.3) is 26.9 Å². The van der Waals surface area contributed by atoms with Gasteiger partial charge in [0.05, 0.1) is 43.0 Å². The molecule has 3 heterocycles. The van der Waals surface area contributed by atoms with Crippen LogP contribution >= 0.6 is 0 Å². The van der Waals surface area contributed by atoms with Crippen molar-refractivity contribution in [1.82, 2.24) is 54.9 Å². The van der Waals surface area contributed by atoms with Gasteiger partial charge in [-0.1, -0.05) is 68.4 Å². The molecule has 4 amide bonds. The lowest BCUT2D eigenvalue weighted by Gasteiger charge is -2.22. The number of ketones is 5. The third-order valence-electron chi connectivity index (χ3n) is 16.4. The summed E-state index contributed by atoms with van der Waals surface area (Å²) >= 11 is 0. The third-order valence-corrected chi connectivity index (χ3v) is 16.4. The molecule has 112 heavy (non-hydrogen) atoms. The molecule has 13 N–H and O–H groups in total. The summed E-state index contributed by atoms with van der Waals surface area (Å²) in [5, 5.41) is 13.4. The van der Waals surface area contributed by atoms with Gasteiger partial charge in [0.15, 0.2) is 0 Å². The number of hydrogen-bond acceptors (Lipinski definition) is 20. The fraction of sp³-hybridized carbons (Fsp3) is 0.444. The maximum absolute atomic E-state index is 13.1. The Kier molecular flexibility index (Phi) is 42.1. The van der Waals surface area contributed by atoms with Gasteiger partial charge in [-0.15, -0.1) is 18.7 Å². The molecular weight excluding hydrogens is 1440 g/mol. The maximum Gasteiger partial charge on any atom is 0.334 e. The Hall–Kier alpha value is -11.9. The van der Waals surface area contributed by atoms with Gasteiger partial charge >= 0.3 is 48.7 Å². The topological polar surface area (TPSA) is 489 Å². The van der Waals surface area contributed by atoms with Gasteiger partial charge in [-0.2, -0.15) is 0 Å². The summed E-state index contributed by atoms with van der Waals surface area (Å²) in [4.78, 5) is 167. The summed E-state index contributed by atoms with van der Waals surface area (Å²) in [6.07, 6.45) is 10.7. The predicted octanol–water partition coefficient (Wildman–Crippen LogP) is 2.85. The zero-order valence-electron chi connectivity index (χ0n) is 65.6. The zero-order chi connectivity index (χ0) is 83.6. The number of para-hydroxylation sites is 3. The third kappa shape index (κ3) is 34.8. The van der Waals surface area contributed by atoms with Crippen molar-refractivity contribution >= 4 is 161 Å². The Morgan fingerprint density at radius 2 is 0.705 bits per heavy atom. The second-order valence-corrected chi connectivity index (χ2v) is 27.5. The lowest BCUT2D eigenvalue weighted by molar-refractivity contribution is -0.152. The van der Waals surface area contributed by atoms with E-state index in [4.69, 9.17) is 36.1 Å². The first-order chi connectivity index (χ1) is 53.1. The van der Waals surface area contributed by atoms with Gasteiger partial charge in [-0.05, 0) is 148 Å². The molecule has 3 aromatic heterocycles. The number of carbonyl (C=O) groups is 13. The van der Waals surface area contributed by atoms with Gasteiger partial charge in [-0.3, -0.25) is 38.4 Å². The number of rotatable bonds is 42. The molecule has 31 heteroatoms. The monoisotopic (exact) mass is 1550 g/mol. The van der Waals surface area contributed by atoms with Crippen molar-refractivity contribution in [3.63, 3.8) is 0 Å². The molecule has 0 spiro atoms. The Morgan fingerprint density at radius 3 is 0.991 bits per heavy atom. The largest absolute Gasteiger partial charge is 0.464 e. The number of H-pyrrole nitrogens is 3. The van der Waals surface area contributed by atoms with E-state index in [1.807, 2.05) is 105 Å². The first-order valence-corrected chi connectivity index (χ1v) is 36.8. The zero-order valence-corrected chi connectivity index (χ0v) is 65.6. The molecule has 31 nitrogen and oxygen atoms in total. The molecule has 602 valence electrons. The molecule has 3 aromatic carbocycles. The van der Waals surface area contributed by atoms with Crippen LogP contribution in [0.2, 0.25) is 0 Å². The van der Waals surface area contributed by atoms with Crippen LogP contribution in [0, 0.1) is 11.8 Å². The highest BCUT2D eigenvalue weighted by Crippen LogP contribution is 2.24. The van der Waals surface area contributed by atoms with E-state index in [0.717, 1.165) is 74.3 Å². The maximum atomic E-state index is 13.1. The number of fused-ring (bicyclic) bond motifs is 3. The molecule has 0 saturated carbocycles. The highest BCUT2D eigenvalue weighted by atomic mass is 16.6. The van der Waals surface area contributed by atoms with Crippen molar-refractivity contribution in [2.75, 3.05) is 6.61 Å². The van der Waals surface area contributed by atoms with Crippen LogP contribution in [0.5, 0.6) is 0 Å². The number of hydrogen-bond donors (Lipinski definition) is 10. The summed E-state index contributed by atoms with van der Waals surface area (Å²) < 4.78 is 34.2. The first-order valence-electron chi connectivity index (χ1n) is 36.8. The molecule has 6 rings (SSSR count). The van der Waals surface area contributed by atoms with E-state index in [9.17, 15) is 62.3 Å². The molecule has 0 aliphatic carbocycles.